The second kappa shape index (κ2) is 8.27. The first-order valence-electron chi connectivity index (χ1n) is 10.1. The molecule has 0 spiro atoms. The van der Waals surface area contributed by atoms with E-state index in [2.05, 4.69) is 49.0 Å². The van der Waals surface area contributed by atoms with E-state index in [9.17, 15) is 5.11 Å². The third-order valence-electron chi connectivity index (χ3n) is 5.23. The topological polar surface area (TPSA) is 75.9 Å². The van der Waals surface area contributed by atoms with Crippen LogP contribution in [0.4, 0.5) is 5.82 Å². The lowest BCUT2D eigenvalue weighted by atomic mass is 10.1. The van der Waals surface area contributed by atoms with E-state index in [0.29, 0.717) is 5.92 Å². The normalized spacial score (nSPS) is 12.7. The summed E-state index contributed by atoms with van der Waals surface area (Å²) in [6, 6.07) is 4.17. The number of aliphatic hydroxyl groups excluding tert-OH is 1. The van der Waals surface area contributed by atoms with Crippen LogP contribution >= 0.6 is 0 Å². The molecule has 0 amide bonds. The van der Waals surface area contributed by atoms with Crippen molar-refractivity contribution in [1.29, 1.82) is 0 Å². The average Bonchev–Trinajstić information content (AvgIpc) is 3.00. The molecule has 0 radical (unpaired) electrons. The third-order valence-corrected chi connectivity index (χ3v) is 5.23. The van der Waals surface area contributed by atoms with Crippen LogP contribution < -0.4 is 5.32 Å². The first-order valence-corrected chi connectivity index (χ1v) is 10.1. The summed E-state index contributed by atoms with van der Waals surface area (Å²) in [6.07, 6.45) is 3.98. The molecule has 0 unspecified atom stereocenters. The molecular formula is C22H31N5O. The molecule has 3 aromatic rings. The predicted molar refractivity (Wildman–Crippen MR) is 115 cm³/mol. The van der Waals surface area contributed by atoms with Crippen molar-refractivity contribution in [3.05, 3.63) is 35.3 Å². The van der Waals surface area contributed by atoms with Gasteiger partial charge in [0.2, 0.25) is 0 Å². The van der Waals surface area contributed by atoms with Gasteiger partial charge in [-0.05, 0) is 43.9 Å². The van der Waals surface area contributed by atoms with Crippen LogP contribution in [0, 0.1) is 13.8 Å². The molecule has 0 bridgehead atoms. The molecule has 0 aliphatic heterocycles. The summed E-state index contributed by atoms with van der Waals surface area (Å²) >= 11 is 0. The van der Waals surface area contributed by atoms with Crippen LogP contribution in [0.25, 0.3) is 22.4 Å². The minimum absolute atomic E-state index is 0.0283. The van der Waals surface area contributed by atoms with E-state index in [-0.39, 0.29) is 12.6 Å². The molecule has 150 valence electrons. The molecule has 6 heteroatoms. The van der Waals surface area contributed by atoms with Crippen LogP contribution in [0.15, 0.2) is 18.3 Å². The fraction of sp³-hybridized carbons (Fsp3) is 0.500. The zero-order valence-electron chi connectivity index (χ0n) is 17.7. The van der Waals surface area contributed by atoms with E-state index in [1.165, 1.54) is 0 Å². The number of nitrogens with one attached hydrogen (secondary N) is 1. The minimum Gasteiger partial charge on any atom is -0.394 e. The van der Waals surface area contributed by atoms with E-state index in [1.807, 2.05) is 20.9 Å². The Morgan fingerprint density at radius 2 is 1.89 bits per heavy atom. The maximum absolute atomic E-state index is 9.83. The van der Waals surface area contributed by atoms with Crippen LogP contribution in [-0.2, 0) is 0 Å². The Labute approximate surface area is 167 Å². The predicted octanol–water partition coefficient (Wildman–Crippen LogP) is 4.61. The minimum atomic E-state index is 0.0283. The maximum atomic E-state index is 9.83. The zero-order chi connectivity index (χ0) is 20.4. The number of anilines is 1. The monoisotopic (exact) mass is 381 g/mol. The van der Waals surface area contributed by atoms with E-state index in [4.69, 9.17) is 15.0 Å². The van der Waals surface area contributed by atoms with Crippen molar-refractivity contribution in [3.8, 4) is 11.3 Å². The van der Waals surface area contributed by atoms with E-state index >= 15 is 0 Å². The number of hydrogen-bond acceptors (Lipinski definition) is 5. The third kappa shape index (κ3) is 3.61. The number of aryl methyl sites for hydroxylation is 2. The summed E-state index contributed by atoms with van der Waals surface area (Å²) in [4.78, 5) is 14.6. The average molecular weight is 382 g/mol. The van der Waals surface area contributed by atoms with Crippen LogP contribution in [0.5, 0.6) is 0 Å². The maximum Gasteiger partial charge on any atom is 0.159 e. The highest BCUT2D eigenvalue weighted by Crippen LogP contribution is 2.32. The molecule has 0 aromatic carbocycles. The summed E-state index contributed by atoms with van der Waals surface area (Å²) in [7, 11) is 1.88. The molecule has 0 saturated heterocycles. The Morgan fingerprint density at radius 3 is 2.50 bits per heavy atom. The number of rotatable bonds is 7. The van der Waals surface area contributed by atoms with Gasteiger partial charge in [-0.25, -0.2) is 15.0 Å². The van der Waals surface area contributed by atoms with Gasteiger partial charge in [0.05, 0.1) is 24.0 Å². The quantitative estimate of drug-likeness (QED) is 0.625. The molecule has 28 heavy (non-hydrogen) atoms. The highest BCUT2D eigenvalue weighted by molar-refractivity contribution is 5.82. The van der Waals surface area contributed by atoms with E-state index in [0.717, 1.165) is 58.0 Å². The van der Waals surface area contributed by atoms with Crippen LogP contribution in [0.3, 0.4) is 0 Å². The molecule has 3 heterocycles. The lowest BCUT2D eigenvalue weighted by Gasteiger charge is -2.17. The van der Waals surface area contributed by atoms with E-state index in [1.54, 1.807) is 0 Å². The molecule has 0 aliphatic rings. The lowest BCUT2D eigenvalue weighted by molar-refractivity contribution is 0.222. The van der Waals surface area contributed by atoms with E-state index < -0.39 is 0 Å². The fourth-order valence-corrected chi connectivity index (χ4v) is 3.65. The molecule has 0 saturated carbocycles. The van der Waals surface area contributed by atoms with Crippen LogP contribution in [0.2, 0.25) is 0 Å². The second-order valence-corrected chi connectivity index (χ2v) is 7.71. The molecule has 0 fully saturated rings. The lowest BCUT2D eigenvalue weighted by Crippen LogP contribution is -2.13. The first kappa shape index (κ1) is 20.3. The van der Waals surface area contributed by atoms with Gasteiger partial charge in [-0.1, -0.05) is 27.2 Å². The summed E-state index contributed by atoms with van der Waals surface area (Å²) in [5.41, 5.74) is 6.49. The van der Waals surface area contributed by atoms with Crippen molar-refractivity contribution < 1.29 is 5.11 Å². The van der Waals surface area contributed by atoms with Gasteiger partial charge in [-0.15, -0.1) is 0 Å². The van der Waals surface area contributed by atoms with Crippen molar-refractivity contribution in [2.75, 3.05) is 19.0 Å². The van der Waals surface area contributed by atoms with Gasteiger partial charge in [0.1, 0.15) is 11.3 Å². The molecule has 2 N–H and O–H groups in total. The first-order chi connectivity index (χ1) is 13.4. The Kier molecular flexibility index (Phi) is 5.98. The van der Waals surface area contributed by atoms with Crippen LogP contribution in [0.1, 0.15) is 62.5 Å². The number of pyridine rings is 1. The van der Waals surface area contributed by atoms with Gasteiger partial charge >= 0.3 is 0 Å². The molecule has 3 rings (SSSR count). The highest BCUT2D eigenvalue weighted by Gasteiger charge is 2.20. The molecular weight excluding hydrogens is 350 g/mol. The van der Waals surface area contributed by atoms with Crippen molar-refractivity contribution in [2.45, 2.75) is 59.4 Å². The molecule has 3 aromatic heterocycles. The van der Waals surface area contributed by atoms with Gasteiger partial charge in [0, 0.05) is 24.5 Å². The van der Waals surface area contributed by atoms with Gasteiger partial charge < -0.3 is 15.0 Å². The van der Waals surface area contributed by atoms with Gasteiger partial charge in [-0.2, -0.15) is 0 Å². The van der Waals surface area contributed by atoms with Crippen molar-refractivity contribution in [3.63, 3.8) is 0 Å². The Morgan fingerprint density at radius 1 is 1.14 bits per heavy atom. The van der Waals surface area contributed by atoms with Crippen molar-refractivity contribution in [2.24, 2.45) is 0 Å². The summed E-state index contributed by atoms with van der Waals surface area (Å²) in [5.74, 6) is 1.18. The molecule has 1 atom stereocenters. The molecule has 6 nitrogen and oxygen atoms in total. The number of aromatic nitrogens is 4. The van der Waals surface area contributed by atoms with Crippen LogP contribution in [-0.4, -0.2) is 38.3 Å². The standard InChI is InChI=1S/C22H31N5O/c1-7-8-16(12-28)27-11-14(4)19-22(27)24-15(5)20(26-19)17-9-10-18(13(2)3)25-21(17)23-6/h9-11,13,16,28H,7-8,12H2,1-6H3,(H,23,25)/t16-/m1/s1. The van der Waals surface area contributed by atoms with Crippen molar-refractivity contribution in [1.82, 2.24) is 19.5 Å². The number of fused-ring (bicyclic) bond motifs is 1. The van der Waals surface area contributed by atoms with Gasteiger partial charge in [0.25, 0.3) is 0 Å². The number of aliphatic hydroxyl groups is 1. The SMILES string of the molecule is CCC[C@H](CO)n1cc(C)c2nc(-c3ccc(C(C)C)nc3NC)c(C)nc21. The Bertz CT molecular complexity index is 977. The highest BCUT2D eigenvalue weighted by atomic mass is 16.3. The van der Waals surface area contributed by atoms with Crippen molar-refractivity contribution >= 4 is 17.0 Å². The summed E-state index contributed by atoms with van der Waals surface area (Å²) in [5, 5.41) is 13.0. The zero-order valence-corrected chi connectivity index (χ0v) is 17.7. The largest absolute Gasteiger partial charge is 0.394 e. The Hall–Kier alpha value is -2.47. The number of hydrogen-bond donors (Lipinski definition) is 2. The summed E-state index contributed by atoms with van der Waals surface area (Å²) in [6.45, 7) is 10.5. The van der Waals surface area contributed by atoms with Gasteiger partial charge in [0.15, 0.2) is 5.65 Å². The fourth-order valence-electron chi connectivity index (χ4n) is 3.65. The van der Waals surface area contributed by atoms with Gasteiger partial charge in [-0.3, -0.25) is 0 Å². The second-order valence-electron chi connectivity index (χ2n) is 7.71. The molecule has 0 aliphatic carbocycles. The number of nitrogens with zero attached hydrogens (tertiary/aromatic N) is 4. The smallest absolute Gasteiger partial charge is 0.159 e. The summed E-state index contributed by atoms with van der Waals surface area (Å²) < 4.78 is 2.08. The Balaban J connectivity index is 2.17.